The monoisotopic (exact) mass is 183 g/mol. The minimum Gasteiger partial charge on any atom is -0.461 e. The van der Waals surface area contributed by atoms with Crippen molar-refractivity contribution in [3.05, 3.63) is 12.4 Å². The molecular formula is C8H13N3O2. The Morgan fingerprint density at radius 3 is 2.62 bits per heavy atom. The molecular weight excluding hydrogens is 170 g/mol. The van der Waals surface area contributed by atoms with Gasteiger partial charge in [0, 0.05) is 6.61 Å². The maximum absolute atomic E-state index is 5.40. The van der Waals surface area contributed by atoms with Gasteiger partial charge in [0.15, 0.2) is 0 Å². The highest BCUT2D eigenvalue weighted by Gasteiger charge is 1.95. The number of ether oxygens (including phenoxy) is 2. The minimum absolute atomic E-state index is 0.328. The Kier molecular flexibility index (Phi) is 3.98. The maximum Gasteiger partial charge on any atom is 0.316 e. The van der Waals surface area contributed by atoms with Crippen LogP contribution in [0.3, 0.4) is 0 Å². The molecule has 5 nitrogen and oxygen atoms in total. The molecule has 0 fully saturated rings. The lowest BCUT2D eigenvalue weighted by molar-refractivity contribution is 0.106. The van der Waals surface area contributed by atoms with Gasteiger partial charge in [0.2, 0.25) is 0 Å². The molecule has 0 amide bonds. The molecule has 0 radical (unpaired) electrons. The second-order valence-electron chi connectivity index (χ2n) is 2.34. The molecule has 0 unspecified atom stereocenters. The first kappa shape index (κ1) is 9.73. The molecule has 2 N–H and O–H groups in total. The predicted molar refractivity (Wildman–Crippen MR) is 48.4 cm³/mol. The van der Waals surface area contributed by atoms with Crippen molar-refractivity contribution >= 4 is 5.69 Å². The molecule has 0 bridgehead atoms. The van der Waals surface area contributed by atoms with Crippen LogP contribution < -0.4 is 10.5 Å². The van der Waals surface area contributed by atoms with E-state index < -0.39 is 0 Å². The Hall–Kier alpha value is -1.36. The third-order valence-corrected chi connectivity index (χ3v) is 1.31. The maximum atomic E-state index is 5.40. The lowest BCUT2D eigenvalue weighted by atomic mass is 10.6. The van der Waals surface area contributed by atoms with Crippen molar-refractivity contribution in [3.8, 4) is 6.01 Å². The first-order valence-electron chi connectivity index (χ1n) is 4.11. The van der Waals surface area contributed by atoms with E-state index in [9.17, 15) is 0 Å². The summed E-state index contributed by atoms with van der Waals surface area (Å²) in [5, 5.41) is 0. The minimum atomic E-state index is 0.328. The number of nitrogen functional groups attached to an aromatic ring is 1. The molecule has 1 rings (SSSR count). The smallest absolute Gasteiger partial charge is 0.316 e. The van der Waals surface area contributed by atoms with Gasteiger partial charge in [0.05, 0.1) is 24.7 Å². The average Bonchev–Trinajstić information content (AvgIpc) is 2.15. The predicted octanol–water partition coefficient (Wildman–Crippen LogP) is 0.474. The summed E-state index contributed by atoms with van der Waals surface area (Å²) in [4.78, 5) is 7.72. The van der Waals surface area contributed by atoms with Gasteiger partial charge in [0.25, 0.3) is 0 Å². The quantitative estimate of drug-likeness (QED) is 0.672. The van der Waals surface area contributed by atoms with Crippen molar-refractivity contribution in [2.24, 2.45) is 0 Å². The van der Waals surface area contributed by atoms with Gasteiger partial charge in [0.1, 0.15) is 6.61 Å². The molecule has 1 aromatic heterocycles. The first-order chi connectivity index (χ1) is 6.33. The van der Waals surface area contributed by atoms with Gasteiger partial charge < -0.3 is 15.2 Å². The van der Waals surface area contributed by atoms with Gasteiger partial charge >= 0.3 is 6.01 Å². The van der Waals surface area contributed by atoms with Crippen LogP contribution in [-0.4, -0.2) is 29.8 Å². The molecule has 5 heteroatoms. The Morgan fingerprint density at radius 1 is 1.31 bits per heavy atom. The summed E-state index contributed by atoms with van der Waals surface area (Å²) in [5.74, 6) is 0. The fraction of sp³-hybridized carbons (Fsp3) is 0.500. The second-order valence-corrected chi connectivity index (χ2v) is 2.34. The lowest BCUT2D eigenvalue weighted by Gasteiger charge is -2.03. The van der Waals surface area contributed by atoms with Gasteiger partial charge in [-0.05, 0) is 6.92 Å². The van der Waals surface area contributed by atoms with Crippen molar-refractivity contribution < 1.29 is 9.47 Å². The summed E-state index contributed by atoms with van der Waals surface area (Å²) in [5.41, 5.74) is 5.92. The van der Waals surface area contributed by atoms with Gasteiger partial charge in [-0.1, -0.05) is 0 Å². The Balaban J connectivity index is 2.25. The second kappa shape index (κ2) is 5.31. The van der Waals surface area contributed by atoms with E-state index in [0.717, 1.165) is 0 Å². The fourth-order valence-corrected chi connectivity index (χ4v) is 0.737. The number of anilines is 1. The summed E-state index contributed by atoms with van der Waals surface area (Å²) in [6, 6.07) is 0.328. The highest BCUT2D eigenvalue weighted by molar-refractivity contribution is 5.30. The summed E-state index contributed by atoms with van der Waals surface area (Å²) in [6.07, 6.45) is 3.01. The van der Waals surface area contributed by atoms with Crippen LogP contribution in [0.4, 0.5) is 5.69 Å². The number of hydrogen-bond acceptors (Lipinski definition) is 5. The number of nitrogens with zero attached hydrogens (tertiary/aromatic N) is 2. The van der Waals surface area contributed by atoms with Gasteiger partial charge in [-0.2, -0.15) is 0 Å². The highest BCUT2D eigenvalue weighted by atomic mass is 16.5. The third-order valence-electron chi connectivity index (χ3n) is 1.31. The normalized spacial score (nSPS) is 9.92. The van der Waals surface area contributed by atoms with Crippen LogP contribution in [-0.2, 0) is 4.74 Å². The Labute approximate surface area is 76.9 Å². The van der Waals surface area contributed by atoms with E-state index in [-0.39, 0.29) is 0 Å². The van der Waals surface area contributed by atoms with E-state index in [2.05, 4.69) is 9.97 Å². The van der Waals surface area contributed by atoms with E-state index in [0.29, 0.717) is 31.5 Å². The summed E-state index contributed by atoms with van der Waals surface area (Å²) < 4.78 is 10.2. The molecule has 1 heterocycles. The Bertz CT molecular complexity index is 238. The van der Waals surface area contributed by atoms with E-state index in [1.807, 2.05) is 6.92 Å². The zero-order chi connectivity index (χ0) is 9.52. The van der Waals surface area contributed by atoms with Crippen LogP contribution in [0.15, 0.2) is 12.4 Å². The largest absolute Gasteiger partial charge is 0.461 e. The van der Waals surface area contributed by atoms with E-state index in [1.54, 1.807) is 0 Å². The molecule has 1 aromatic rings. The number of nitrogens with two attached hydrogens (primary N) is 1. The van der Waals surface area contributed by atoms with Crippen LogP contribution in [0, 0.1) is 0 Å². The SMILES string of the molecule is CCOCCOc1ncc(N)cn1. The summed E-state index contributed by atoms with van der Waals surface area (Å²) in [6.45, 7) is 3.62. The molecule has 0 atom stereocenters. The van der Waals surface area contributed by atoms with E-state index >= 15 is 0 Å². The molecule has 0 spiro atoms. The zero-order valence-electron chi connectivity index (χ0n) is 7.56. The fourth-order valence-electron chi connectivity index (χ4n) is 0.737. The van der Waals surface area contributed by atoms with Crippen molar-refractivity contribution in [2.75, 3.05) is 25.6 Å². The van der Waals surface area contributed by atoms with E-state index in [4.69, 9.17) is 15.2 Å². The van der Waals surface area contributed by atoms with Gasteiger partial charge in [-0.15, -0.1) is 0 Å². The lowest BCUT2D eigenvalue weighted by Crippen LogP contribution is -2.08. The zero-order valence-corrected chi connectivity index (χ0v) is 7.56. The molecule has 0 saturated heterocycles. The standard InChI is InChI=1S/C8H13N3O2/c1-2-12-3-4-13-8-10-5-7(9)6-11-8/h5-6H,2-4,9H2,1H3. The Morgan fingerprint density at radius 2 is 2.00 bits per heavy atom. The summed E-state index contributed by atoms with van der Waals surface area (Å²) >= 11 is 0. The molecule has 0 aliphatic rings. The van der Waals surface area contributed by atoms with Crippen LogP contribution >= 0.6 is 0 Å². The molecule has 13 heavy (non-hydrogen) atoms. The van der Waals surface area contributed by atoms with Crippen molar-refractivity contribution in [1.29, 1.82) is 0 Å². The van der Waals surface area contributed by atoms with Gasteiger partial charge in [-0.3, -0.25) is 0 Å². The third kappa shape index (κ3) is 3.71. The van der Waals surface area contributed by atoms with Crippen molar-refractivity contribution in [2.45, 2.75) is 6.92 Å². The molecule has 0 saturated carbocycles. The highest BCUT2D eigenvalue weighted by Crippen LogP contribution is 2.02. The van der Waals surface area contributed by atoms with Crippen LogP contribution in [0.25, 0.3) is 0 Å². The van der Waals surface area contributed by atoms with Crippen molar-refractivity contribution in [1.82, 2.24) is 9.97 Å². The number of aromatic nitrogens is 2. The number of hydrogen-bond donors (Lipinski definition) is 1. The molecule has 0 aromatic carbocycles. The molecule has 0 aliphatic heterocycles. The van der Waals surface area contributed by atoms with Crippen molar-refractivity contribution in [3.63, 3.8) is 0 Å². The first-order valence-corrected chi connectivity index (χ1v) is 4.11. The number of rotatable bonds is 5. The topological polar surface area (TPSA) is 70.3 Å². The average molecular weight is 183 g/mol. The van der Waals surface area contributed by atoms with Gasteiger partial charge in [-0.25, -0.2) is 9.97 Å². The van der Waals surface area contributed by atoms with E-state index in [1.165, 1.54) is 12.4 Å². The summed E-state index contributed by atoms with van der Waals surface area (Å²) in [7, 11) is 0. The molecule has 72 valence electrons. The van der Waals surface area contributed by atoms with Crippen LogP contribution in [0.1, 0.15) is 6.92 Å². The molecule has 0 aliphatic carbocycles. The van der Waals surface area contributed by atoms with Crippen LogP contribution in [0.2, 0.25) is 0 Å². The van der Waals surface area contributed by atoms with Crippen LogP contribution in [0.5, 0.6) is 6.01 Å².